The fourth-order valence-electron chi connectivity index (χ4n) is 1.50. The van der Waals surface area contributed by atoms with Crippen LogP contribution in [0.15, 0.2) is 23.6 Å². The summed E-state index contributed by atoms with van der Waals surface area (Å²) in [7, 11) is 1.58. The maximum atomic E-state index is 11.5. The molecule has 0 aliphatic carbocycles. The van der Waals surface area contributed by atoms with E-state index in [-0.39, 0.29) is 17.9 Å². The number of carbonyl (C=O) groups excluding carboxylic acids is 2. The van der Waals surface area contributed by atoms with Crippen molar-refractivity contribution in [2.45, 2.75) is 32.7 Å². The number of carbonyl (C=O) groups is 2. The van der Waals surface area contributed by atoms with Gasteiger partial charge in [-0.15, -0.1) is 0 Å². The quantitative estimate of drug-likeness (QED) is 0.432. The van der Waals surface area contributed by atoms with Crippen LogP contribution in [0.5, 0.6) is 0 Å². The van der Waals surface area contributed by atoms with E-state index in [9.17, 15) is 9.59 Å². The van der Waals surface area contributed by atoms with Crippen LogP contribution < -0.4 is 10.6 Å². The summed E-state index contributed by atoms with van der Waals surface area (Å²) in [4.78, 5) is 22.5. The summed E-state index contributed by atoms with van der Waals surface area (Å²) < 4.78 is 4.82. The van der Waals surface area contributed by atoms with Crippen LogP contribution in [0.3, 0.4) is 0 Å². The van der Waals surface area contributed by atoms with Crippen LogP contribution in [-0.2, 0) is 14.3 Å². The second-order valence-electron chi connectivity index (χ2n) is 3.99. The minimum absolute atomic E-state index is 0.203. The molecular weight excluding hydrogens is 220 g/mol. The van der Waals surface area contributed by atoms with Crippen LogP contribution in [0.4, 0.5) is 0 Å². The molecule has 1 aliphatic heterocycles. The zero-order valence-corrected chi connectivity index (χ0v) is 10.4. The monoisotopic (exact) mass is 238 g/mol. The van der Waals surface area contributed by atoms with Crippen LogP contribution in [-0.4, -0.2) is 25.0 Å². The Morgan fingerprint density at radius 2 is 2.18 bits per heavy atom. The first kappa shape index (κ1) is 13.3. The van der Waals surface area contributed by atoms with Gasteiger partial charge in [0.1, 0.15) is 6.04 Å². The highest BCUT2D eigenvalue weighted by Crippen LogP contribution is 2.09. The van der Waals surface area contributed by atoms with Crippen molar-refractivity contribution in [2.24, 2.45) is 0 Å². The van der Waals surface area contributed by atoms with E-state index in [4.69, 9.17) is 4.74 Å². The first-order chi connectivity index (χ1) is 8.04. The summed E-state index contributed by atoms with van der Waals surface area (Å²) in [6.07, 6.45) is 4.30. The average Bonchev–Trinajstić information content (AvgIpc) is 2.29. The Hall–Kier alpha value is -1.78. The summed E-state index contributed by atoms with van der Waals surface area (Å²) >= 11 is 0. The number of hydrogen-bond donors (Lipinski definition) is 2. The van der Waals surface area contributed by atoms with Crippen molar-refractivity contribution in [3.8, 4) is 0 Å². The normalized spacial score (nSPS) is 22.2. The van der Waals surface area contributed by atoms with Gasteiger partial charge >= 0.3 is 0 Å². The van der Waals surface area contributed by atoms with E-state index in [1.165, 1.54) is 0 Å². The molecule has 1 saturated heterocycles. The number of allylic oxidation sites excluding steroid dienone is 3. The van der Waals surface area contributed by atoms with Gasteiger partial charge in [0.05, 0.1) is 13.4 Å². The van der Waals surface area contributed by atoms with Crippen molar-refractivity contribution in [3.63, 3.8) is 0 Å². The van der Waals surface area contributed by atoms with Gasteiger partial charge in [-0.3, -0.25) is 14.9 Å². The molecule has 2 amide bonds. The zero-order valence-electron chi connectivity index (χ0n) is 10.4. The summed E-state index contributed by atoms with van der Waals surface area (Å²) in [5, 5.41) is 5.42. The van der Waals surface area contributed by atoms with Crippen LogP contribution in [0, 0.1) is 0 Å². The first-order valence-corrected chi connectivity index (χ1v) is 5.51. The second kappa shape index (κ2) is 6.08. The van der Waals surface area contributed by atoms with Gasteiger partial charge in [0.15, 0.2) is 0 Å². The topological polar surface area (TPSA) is 67.4 Å². The van der Waals surface area contributed by atoms with Crippen LogP contribution in [0.1, 0.15) is 26.7 Å². The molecule has 1 unspecified atom stereocenters. The van der Waals surface area contributed by atoms with Crippen molar-refractivity contribution >= 4 is 11.8 Å². The third kappa shape index (κ3) is 3.94. The van der Waals surface area contributed by atoms with Crippen LogP contribution in [0.25, 0.3) is 0 Å². The number of ether oxygens (including phenoxy) is 1. The summed E-state index contributed by atoms with van der Waals surface area (Å²) in [5.41, 5.74) is 1.88. The number of imide groups is 1. The Morgan fingerprint density at radius 3 is 2.76 bits per heavy atom. The molecule has 0 aromatic heterocycles. The Kier molecular flexibility index (Phi) is 4.75. The molecule has 1 atom stereocenters. The minimum Gasteiger partial charge on any atom is -0.504 e. The van der Waals surface area contributed by atoms with Crippen molar-refractivity contribution in [2.75, 3.05) is 7.11 Å². The van der Waals surface area contributed by atoms with Crippen molar-refractivity contribution in [3.05, 3.63) is 23.6 Å². The number of nitrogens with one attached hydrogen (secondary N) is 2. The SMILES string of the molecule is COC=C/C(C)=C(\C)NC1CCC(=O)NC1=O. The zero-order chi connectivity index (χ0) is 12.8. The Morgan fingerprint density at radius 1 is 1.47 bits per heavy atom. The number of hydrogen-bond acceptors (Lipinski definition) is 4. The van der Waals surface area contributed by atoms with E-state index in [0.29, 0.717) is 12.8 Å². The fraction of sp³-hybridized carbons (Fsp3) is 0.500. The molecule has 2 N–H and O–H groups in total. The second-order valence-corrected chi connectivity index (χ2v) is 3.99. The molecule has 1 rings (SSSR count). The van der Waals surface area contributed by atoms with Gasteiger partial charge in [0, 0.05) is 12.1 Å². The summed E-state index contributed by atoms with van der Waals surface area (Å²) in [6, 6.07) is -0.335. The van der Waals surface area contributed by atoms with Gasteiger partial charge in [0.2, 0.25) is 11.8 Å². The summed E-state index contributed by atoms with van der Waals surface area (Å²) in [5.74, 6) is -0.463. The Bertz CT molecular complexity index is 372. The third-order valence-electron chi connectivity index (χ3n) is 2.68. The molecule has 17 heavy (non-hydrogen) atoms. The van der Waals surface area contributed by atoms with Crippen LogP contribution >= 0.6 is 0 Å². The lowest BCUT2D eigenvalue weighted by atomic mass is 10.1. The molecule has 1 fully saturated rings. The van der Waals surface area contributed by atoms with E-state index in [0.717, 1.165) is 11.3 Å². The van der Waals surface area contributed by atoms with Gasteiger partial charge in [-0.1, -0.05) is 0 Å². The number of methoxy groups -OCH3 is 1. The predicted octanol–water partition coefficient (Wildman–Crippen LogP) is 0.835. The fourth-order valence-corrected chi connectivity index (χ4v) is 1.50. The molecule has 5 nitrogen and oxygen atoms in total. The largest absolute Gasteiger partial charge is 0.504 e. The lowest BCUT2D eigenvalue weighted by Crippen LogP contribution is -2.50. The van der Waals surface area contributed by atoms with Crippen molar-refractivity contribution in [1.29, 1.82) is 0 Å². The number of amides is 2. The molecule has 1 heterocycles. The predicted molar refractivity (Wildman–Crippen MR) is 63.8 cm³/mol. The van der Waals surface area contributed by atoms with Gasteiger partial charge in [-0.2, -0.15) is 0 Å². The molecule has 0 spiro atoms. The van der Waals surface area contributed by atoms with E-state index >= 15 is 0 Å². The highest BCUT2D eigenvalue weighted by Gasteiger charge is 2.26. The summed E-state index contributed by atoms with van der Waals surface area (Å²) in [6.45, 7) is 3.81. The minimum atomic E-state index is -0.335. The number of piperidine rings is 1. The van der Waals surface area contributed by atoms with Gasteiger partial charge in [-0.25, -0.2) is 0 Å². The standard InChI is InChI=1S/C12H18N2O3/c1-8(6-7-17-3)9(2)13-10-4-5-11(15)14-12(10)16/h6-7,10,13H,4-5H2,1-3H3,(H,14,15,16)/b7-6?,9-8+. The Labute approximate surface area is 101 Å². The van der Waals surface area contributed by atoms with E-state index in [1.54, 1.807) is 13.4 Å². The van der Waals surface area contributed by atoms with E-state index in [2.05, 4.69) is 10.6 Å². The smallest absolute Gasteiger partial charge is 0.249 e. The molecule has 0 aromatic rings. The lowest BCUT2D eigenvalue weighted by molar-refractivity contribution is -0.134. The molecule has 0 bridgehead atoms. The van der Waals surface area contributed by atoms with Gasteiger partial charge < -0.3 is 10.1 Å². The molecule has 0 saturated carbocycles. The highest BCUT2D eigenvalue weighted by molar-refractivity contribution is 6.00. The van der Waals surface area contributed by atoms with Gasteiger partial charge in [-0.05, 0) is 31.9 Å². The number of rotatable bonds is 4. The van der Waals surface area contributed by atoms with E-state index < -0.39 is 0 Å². The Balaban J connectivity index is 2.62. The molecule has 5 heteroatoms. The van der Waals surface area contributed by atoms with E-state index in [1.807, 2.05) is 19.9 Å². The lowest BCUT2D eigenvalue weighted by Gasteiger charge is -2.23. The maximum Gasteiger partial charge on any atom is 0.249 e. The molecule has 0 aromatic carbocycles. The average molecular weight is 238 g/mol. The van der Waals surface area contributed by atoms with Gasteiger partial charge in [0.25, 0.3) is 0 Å². The molecule has 1 aliphatic rings. The first-order valence-electron chi connectivity index (χ1n) is 5.51. The highest BCUT2D eigenvalue weighted by atomic mass is 16.5. The van der Waals surface area contributed by atoms with Crippen LogP contribution in [0.2, 0.25) is 0 Å². The van der Waals surface area contributed by atoms with Crippen molar-refractivity contribution < 1.29 is 14.3 Å². The third-order valence-corrected chi connectivity index (χ3v) is 2.68. The molecule has 0 radical (unpaired) electrons. The maximum absolute atomic E-state index is 11.5. The molecular formula is C12H18N2O3. The molecule has 94 valence electrons. The van der Waals surface area contributed by atoms with Crippen molar-refractivity contribution in [1.82, 2.24) is 10.6 Å².